The van der Waals surface area contributed by atoms with Crippen molar-refractivity contribution < 1.29 is 9.90 Å². The number of carboxylic acid groups (broad SMARTS) is 1. The number of benzene rings is 1. The Bertz CT molecular complexity index is 978. The van der Waals surface area contributed by atoms with Crippen LogP contribution in [-0.4, -0.2) is 63.7 Å². The lowest BCUT2D eigenvalue weighted by molar-refractivity contribution is 0.0699. The van der Waals surface area contributed by atoms with Crippen LogP contribution in [0.15, 0.2) is 30.7 Å². The number of hydrogen-bond donors (Lipinski definition) is 2. The third-order valence-corrected chi connectivity index (χ3v) is 5.36. The smallest absolute Gasteiger partial charge is 0.337 e. The first-order valence-corrected chi connectivity index (χ1v) is 9.28. The standard InChI is InChI=1S/C19H20ClN5O2/c1-2-24-3-5-25(6-4-24)19-22-9-12(10-23-19)13-7-14-15(18(26)27)11-21-17(14)8-16(13)20/h7-11,21H,2-6H2,1H3,(H,26,27). The van der Waals surface area contributed by atoms with Gasteiger partial charge in [0.05, 0.1) is 10.6 Å². The van der Waals surface area contributed by atoms with Crippen LogP contribution in [0.5, 0.6) is 0 Å². The second-order valence-electron chi connectivity index (χ2n) is 6.58. The van der Waals surface area contributed by atoms with Crippen LogP contribution in [0.2, 0.25) is 5.02 Å². The summed E-state index contributed by atoms with van der Waals surface area (Å²) in [6.45, 7) is 7.06. The number of fused-ring (bicyclic) bond motifs is 1. The van der Waals surface area contributed by atoms with Gasteiger partial charge in [0.25, 0.3) is 0 Å². The number of nitrogens with zero attached hydrogens (tertiary/aromatic N) is 4. The summed E-state index contributed by atoms with van der Waals surface area (Å²) in [5.74, 6) is -0.271. The molecule has 0 bridgehead atoms. The zero-order valence-electron chi connectivity index (χ0n) is 14.9. The van der Waals surface area contributed by atoms with E-state index in [-0.39, 0.29) is 5.56 Å². The zero-order valence-corrected chi connectivity index (χ0v) is 15.7. The van der Waals surface area contributed by atoms with Gasteiger partial charge in [-0.25, -0.2) is 14.8 Å². The van der Waals surface area contributed by atoms with Crippen LogP contribution in [0.4, 0.5) is 5.95 Å². The first-order valence-electron chi connectivity index (χ1n) is 8.90. The highest BCUT2D eigenvalue weighted by atomic mass is 35.5. The number of hydrogen-bond acceptors (Lipinski definition) is 5. The molecule has 0 spiro atoms. The van der Waals surface area contributed by atoms with E-state index in [4.69, 9.17) is 11.6 Å². The van der Waals surface area contributed by atoms with Crippen molar-refractivity contribution in [2.45, 2.75) is 6.92 Å². The molecule has 0 aliphatic carbocycles. The van der Waals surface area contributed by atoms with E-state index in [1.807, 2.05) is 0 Å². The van der Waals surface area contributed by atoms with Gasteiger partial charge in [0, 0.05) is 66.8 Å². The maximum atomic E-state index is 11.4. The summed E-state index contributed by atoms with van der Waals surface area (Å²) in [5, 5.41) is 10.5. The van der Waals surface area contributed by atoms with E-state index in [0.717, 1.165) is 38.3 Å². The minimum atomic E-state index is -0.979. The van der Waals surface area contributed by atoms with Crippen LogP contribution in [0, 0.1) is 0 Å². The minimum absolute atomic E-state index is 0.217. The largest absolute Gasteiger partial charge is 0.478 e. The molecule has 1 aliphatic rings. The monoisotopic (exact) mass is 385 g/mol. The number of carboxylic acids is 1. The van der Waals surface area contributed by atoms with E-state index in [1.165, 1.54) is 6.20 Å². The molecular formula is C19H20ClN5O2. The lowest BCUT2D eigenvalue weighted by Crippen LogP contribution is -2.46. The van der Waals surface area contributed by atoms with E-state index >= 15 is 0 Å². The number of halogens is 1. The van der Waals surface area contributed by atoms with Gasteiger partial charge in [-0.15, -0.1) is 0 Å². The minimum Gasteiger partial charge on any atom is -0.478 e. The normalized spacial score (nSPS) is 15.4. The summed E-state index contributed by atoms with van der Waals surface area (Å²) < 4.78 is 0. The van der Waals surface area contributed by atoms with Gasteiger partial charge in [0.15, 0.2) is 0 Å². The van der Waals surface area contributed by atoms with Crippen molar-refractivity contribution in [3.8, 4) is 11.1 Å². The third kappa shape index (κ3) is 3.36. The number of anilines is 1. The molecule has 3 heterocycles. The zero-order chi connectivity index (χ0) is 19.0. The number of aromatic nitrogens is 3. The Morgan fingerprint density at radius 1 is 1.22 bits per heavy atom. The summed E-state index contributed by atoms with van der Waals surface area (Å²) in [5.41, 5.74) is 2.38. The molecule has 0 amide bonds. The molecule has 27 heavy (non-hydrogen) atoms. The Balaban J connectivity index is 1.63. The van der Waals surface area contributed by atoms with E-state index in [0.29, 0.717) is 27.4 Å². The van der Waals surface area contributed by atoms with Gasteiger partial charge >= 0.3 is 5.97 Å². The summed E-state index contributed by atoms with van der Waals surface area (Å²) in [4.78, 5) is 27.9. The van der Waals surface area contributed by atoms with Crippen molar-refractivity contribution in [2.75, 3.05) is 37.6 Å². The van der Waals surface area contributed by atoms with Crippen molar-refractivity contribution in [3.05, 3.63) is 41.3 Å². The van der Waals surface area contributed by atoms with E-state index in [2.05, 4.69) is 31.7 Å². The summed E-state index contributed by atoms with van der Waals surface area (Å²) >= 11 is 6.41. The van der Waals surface area contributed by atoms with E-state index in [9.17, 15) is 9.90 Å². The number of aromatic carboxylic acids is 1. The van der Waals surface area contributed by atoms with Crippen LogP contribution in [0.1, 0.15) is 17.3 Å². The molecule has 1 saturated heterocycles. The van der Waals surface area contributed by atoms with Crippen LogP contribution in [-0.2, 0) is 0 Å². The van der Waals surface area contributed by atoms with Crippen molar-refractivity contribution in [3.63, 3.8) is 0 Å². The predicted molar refractivity (Wildman–Crippen MR) is 106 cm³/mol. The highest BCUT2D eigenvalue weighted by molar-refractivity contribution is 6.34. The maximum Gasteiger partial charge on any atom is 0.337 e. The van der Waals surface area contributed by atoms with Crippen LogP contribution in [0.3, 0.4) is 0 Å². The van der Waals surface area contributed by atoms with Crippen LogP contribution < -0.4 is 4.90 Å². The fourth-order valence-electron chi connectivity index (χ4n) is 3.43. The number of H-pyrrole nitrogens is 1. The molecule has 0 atom stereocenters. The molecule has 1 fully saturated rings. The number of piperazine rings is 1. The average Bonchev–Trinajstić information content (AvgIpc) is 3.10. The highest BCUT2D eigenvalue weighted by Crippen LogP contribution is 2.33. The van der Waals surface area contributed by atoms with Crippen molar-refractivity contribution in [1.82, 2.24) is 19.9 Å². The molecule has 0 radical (unpaired) electrons. The second kappa shape index (κ2) is 7.17. The number of aromatic amines is 1. The van der Waals surface area contributed by atoms with Gasteiger partial charge in [-0.05, 0) is 18.7 Å². The fraction of sp³-hybridized carbons (Fsp3) is 0.316. The first-order chi connectivity index (χ1) is 13.1. The van der Waals surface area contributed by atoms with Gasteiger partial charge < -0.3 is 19.9 Å². The molecule has 0 saturated carbocycles. The van der Waals surface area contributed by atoms with Gasteiger partial charge in [-0.3, -0.25) is 0 Å². The lowest BCUT2D eigenvalue weighted by Gasteiger charge is -2.33. The van der Waals surface area contributed by atoms with Crippen molar-refractivity contribution in [2.24, 2.45) is 0 Å². The molecule has 7 nitrogen and oxygen atoms in total. The Labute approximate surface area is 161 Å². The number of nitrogens with one attached hydrogen (secondary N) is 1. The van der Waals surface area contributed by atoms with E-state index < -0.39 is 5.97 Å². The Hall–Kier alpha value is -2.64. The second-order valence-corrected chi connectivity index (χ2v) is 6.99. The van der Waals surface area contributed by atoms with E-state index in [1.54, 1.807) is 24.5 Å². The molecular weight excluding hydrogens is 366 g/mol. The Morgan fingerprint density at radius 2 is 1.93 bits per heavy atom. The third-order valence-electron chi connectivity index (χ3n) is 5.05. The Kier molecular flexibility index (Phi) is 4.72. The van der Waals surface area contributed by atoms with Gasteiger partial charge in [-0.1, -0.05) is 18.5 Å². The molecule has 2 aromatic heterocycles. The summed E-state index contributed by atoms with van der Waals surface area (Å²) in [6, 6.07) is 3.51. The van der Waals surface area contributed by atoms with Gasteiger partial charge in [-0.2, -0.15) is 0 Å². The van der Waals surface area contributed by atoms with Gasteiger partial charge in [0.2, 0.25) is 5.95 Å². The Morgan fingerprint density at radius 3 is 2.56 bits per heavy atom. The predicted octanol–water partition coefficient (Wildman–Crippen LogP) is 3.12. The molecule has 2 N–H and O–H groups in total. The first kappa shape index (κ1) is 17.8. The molecule has 1 aliphatic heterocycles. The quantitative estimate of drug-likeness (QED) is 0.717. The number of rotatable bonds is 4. The van der Waals surface area contributed by atoms with Gasteiger partial charge in [0.1, 0.15) is 0 Å². The molecule has 140 valence electrons. The maximum absolute atomic E-state index is 11.4. The summed E-state index contributed by atoms with van der Waals surface area (Å²) in [6.07, 6.45) is 4.96. The number of likely N-dealkylation sites (N-methyl/N-ethyl adjacent to an activating group) is 1. The molecule has 1 aromatic carbocycles. The van der Waals surface area contributed by atoms with Crippen molar-refractivity contribution in [1.29, 1.82) is 0 Å². The van der Waals surface area contributed by atoms with Crippen molar-refractivity contribution >= 4 is 34.4 Å². The lowest BCUT2D eigenvalue weighted by atomic mass is 10.0. The molecule has 3 aromatic rings. The molecule has 8 heteroatoms. The fourth-order valence-corrected chi connectivity index (χ4v) is 3.70. The summed E-state index contributed by atoms with van der Waals surface area (Å²) in [7, 11) is 0. The number of carbonyl (C=O) groups is 1. The molecule has 0 unspecified atom stereocenters. The van der Waals surface area contributed by atoms with Crippen LogP contribution in [0.25, 0.3) is 22.0 Å². The topological polar surface area (TPSA) is 85.4 Å². The molecule has 4 rings (SSSR count). The average molecular weight is 386 g/mol. The SMILES string of the molecule is CCN1CCN(c2ncc(-c3cc4c(C(=O)O)c[nH]c4cc3Cl)cn2)CC1. The highest BCUT2D eigenvalue weighted by Gasteiger charge is 2.18. The van der Waals surface area contributed by atoms with Crippen LogP contribution >= 0.6 is 11.6 Å².